The van der Waals surface area contributed by atoms with Gasteiger partial charge in [0.25, 0.3) is 44.7 Å². The van der Waals surface area contributed by atoms with E-state index >= 15 is 0 Å². The van der Waals surface area contributed by atoms with Gasteiger partial charge in [-0.15, -0.1) is 0 Å². The van der Waals surface area contributed by atoms with Crippen LogP contribution in [0.1, 0.15) is 16.8 Å². The van der Waals surface area contributed by atoms with Crippen LogP contribution in [0.25, 0.3) is 105 Å². The minimum absolute atomic E-state index is 0.0358. The summed E-state index contributed by atoms with van der Waals surface area (Å²) >= 11 is 0. The van der Waals surface area contributed by atoms with Crippen molar-refractivity contribution in [2.45, 2.75) is 19.3 Å². The zero-order valence-corrected chi connectivity index (χ0v) is 68.0. The van der Waals surface area contributed by atoms with E-state index in [2.05, 4.69) is 132 Å². The van der Waals surface area contributed by atoms with E-state index in [0.29, 0.717) is 108 Å². The molecule has 3 aliphatic heterocycles. The van der Waals surface area contributed by atoms with Gasteiger partial charge in [-0.1, -0.05) is 77.9 Å². The highest BCUT2D eigenvalue weighted by molar-refractivity contribution is 5.99. The first-order chi connectivity index (χ1) is 64.4. The van der Waals surface area contributed by atoms with Gasteiger partial charge in [0.05, 0.1) is 104 Å². The van der Waals surface area contributed by atoms with Gasteiger partial charge in [0.15, 0.2) is 16.9 Å². The van der Waals surface area contributed by atoms with Crippen LogP contribution in [0.4, 0.5) is 17.2 Å². The van der Waals surface area contributed by atoms with E-state index in [9.17, 15) is 57.5 Å². The predicted molar refractivity (Wildman–Crippen MR) is 487 cm³/mol. The number of imidazole rings is 2. The zero-order valence-electron chi connectivity index (χ0n) is 68.0. The van der Waals surface area contributed by atoms with Crippen molar-refractivity contribution in [2.24, 2.45) is 4.99 Å². The molecular weight excluding hydrogens is 1700 g/mol. The number of aromatic nitrogens is 30. The van der Waals surface area contributed by atoms with Crippen molar-refractivity contribution in [1.82, 2.24) is 147 Å². The summed E-state index contributed by atoms with van der Waals surface area (Å²) in [4.78, 5) is 186. The van der Waals surface area contributed by atoms with Gasteiger partial charge in [-0.2, -0.15) is 29.3 Å². The largest absolute Gasteiger partial charge is 0.331 e. The highest BCUT2D eigenvalue weighted by Gasteiger charge is 2.19. The number of aliphatic imine (C=N–C) groups is 1. The number of tetrazole rings is 1. The van der Waals surface area contributed by atoms with Gasteiger partial charge >= 0.3 is 11.4 Å². The maximum absolute atomic E-state index is 11.6. The number of para-hydroxylation sites is 5. The molecule has 132 heavy (non-hydrogen) atoms. The van der Waals surface area contributed by atoms with Gasteiger partial charge in [-0.3, -0.25) is 86.8 Å². The van der Waals surface area contributed by atoms with Crippen molar-refractivity contribution >= 4 is 140 Å². The molecule has 12 N–H and O–H groups in total. The molecule has 0 radical (unpaired) electrons. The number of pyridine rings is 5. The number of H-pyrrole nitrogens is 10. The van der Waals surface area contributed by atoms with Crippen molar-refractivity contribution < 1.29 is 9.59 Å². The van der Waals surface area contributed by atoms with E-state index in [0.717, 1.165) is 50.1 Å². The third-order valence-corrected chi connectivity index (χ3v) is 19.7. The number of amides is 2. The van der Waals surface area contributed by atoms with Crippen LogP contribution in [0.2, 0.25) is 0 Å². The Morgan fingerprint density at radius 1 is 0.424 bits per heavy atom. The number of fused-ring (bicyclic) bond motifs is 21. The van der Waals surface area contributed by atoms with Gasteiger partial charge in [0, 0.05) is 97.0 Å². The first-order valence-electron chi connectivity index (χ1n) is 39.5. The highest BCUT2D eigenvalue weighted by Crippen LogP contribution is 2.22. The fourth-order valence-electron chi connectivity index (χ4n) is 13.7. The van der Waals surface area contributed by atoms with Crippen LogP contribution in [0.15, 0.2) is 334 Å². The molecule has 0 spiro atoms. The average molecular weight is 1760 g/mol. The monoisotopic (exact) mass is 1760 g/mol. The fourth-order valence-corrected chi connectivity index (χ4v) is 13.7. The van der Waals surface area contributed by atoms with Crippen LogP contribution in [0, 0.1) is 0 Å². The molecule has 650 valence electrons. The van der Waals surface area contributed by atoms with E-state index in [-0.39, 0.29) is 62.0 Å². The van der Waals surface area contributed by atoms with Crippen LogP contribution in [-0.2, 0) is 28.9 Å². The topological polar surface area (TPSA) is 598 Å². The first kappa shape index (κ1) is 84.3. The molecule has 45 heteroatoms. The zero-order chi connectivity index (χ0) is 91.1. The molecule has 5 aromatic carbocycles. The van der Waals surface area contributed by atoms with Crippen molar-refractivity contribution in [1.29, 1.82) is 0 Å². The molecule has 0 unspecified atom stereocenters. The first-order valence-corrected chi connectivity index (χ1v) is 39.5. The molecule has 22 heterocycles. The lowest BCUT2D eigenvalue weighted by Crippen LogP contribution is -2.23. The van der Waals surface area contributed by atoms with E-state index in [4.69, 9.17) is 0 Å². The molecule has 0 aliphatic carbocycles. The van der Waals surface area contributed by atoms with Crippen molar-refractivity contribution in [3.63, 3.8) is 0 Å². The van der Waals surface area contributed by atoms with Crippen LogP contribution in [0.5, 0.6) is 0 Å². The number of hydrogen-bond donors (Lipinski definition) is 12. The molecule has 0 atom stereocenters. The minimum Gasteiger partial charge on any atom is -0.325 e. The number of hydrogen-bond acceptors (Lipinski definition) is 26. The summed E-state index contributed by atoms with van der Waals surface area (Å²) < 4.78 is 11.2. The van der Waals surface area contributed by atoms with Gasteiger partial charge in [0.1, 0.15) is 41.1 Å². The third-order valence-electron chi connectivity index (χ3n) is 19.7. The molecule has 19 aromatic heterocycles. The second-order valence-corrected chi connectivity index (χ2v) is 28.1. The van der Waals surface area contributed by atoms with Gasteiger partial charge in [-0.25, -0.2) is 53.3 Å². The number of anilines is 2. The van der Waals surface area contributed by atoms with Gasteiger partial charge in [0.2, 0.25) is 17.4 Å². The van der Waals surface area contributed by atoms with E-state index in [1.54, 1.807) is 173 Å². The fraction of sp³-hybridized carbons (Fsp3) is 0.0345. The molecule has 3 aliphatic rings. The van der Waals surface area contributed by atoms with Crippen LogP contribution in [-0.4, -0.2) is 165 Å². The normalized spacial score (nSPS) is 11.7. The number of carbonyl (C=O) groups excluding carboxylic acids is 2. The average Bonchev–Trinajstić information content (AvgIpc) is 1.61. The third kappa shape index (κ3) is 18.6. The Morgan fingerprint density at radius 2 is 1.09 bits per heavy atom. The molecule has 2 amide bonds. The van der Waals surface area contributed by atoms with Crippen molar-refractivity contribution in [3.8, 4) is 0 Å². The Bertz CT molecular complexity index is 8240. The lowest BCUT2D eigenvalue weighted by atomic mass is 10.2. The number of rotatable bonds is 0. The summed E-state index contributed by atoms with van der Waals surface area (Å²) in [6.07, 6.45) is 24.1. The Labute approximate surface area is 730 Å². The second kappa shape index (κ2) is 38.1. The van der Waals surface area contributed by atoms with Crippen LogP contribution in [0.3, 0.4) is 0 Å². The number of nitrogens with one attached hydrogen (secondary N) is 12. The summed E-state index contributed by atoms with van der Waals surface area (Å²) in [5.74, 6) is 0.837. The molecule has 0 saturated carbocycles. The Hall–Kier alpha value is -19.9. The smallest absolute Gasteiger partial charge is 0.325 e. The van der Waals surface area contributed by atoms with E-state index in [1.165, 1.54) is 38.1 Å². The quantitative estimate of drug-likeness (QED) is 0.0890. The van der Waals surface area contributed by atoms with Crippen molar-refractivity contribution in [2.75, 3.05) is 10.6 Å². The standard InChI is InChI=1S/2C10H7N3O.2C9H6N4O.C9H7NO.C8H5N5O.2C7H6N2O.C6H5N3O2.2C6H5N3O/c14-10-7-3-1-2-4-8(7)13-6-11-5-9(13)12-10;14-10-7-3-1-2-4-8(7)13-9(12-10)5-6-11-13;14-9-6-2-1-4-10-8(6)13-7(12-9)3-5-11-13;14-9-6-3-1-2-4-7(6)13-8(11-9)5-10-12-13;11-9-6-5-7-3-1-2-4-8(7)10-9;14-7-5-3-1-2-4-6(5)13-8(9-7)10-11-12-13;10-7-3-5-4-8-2-1-6(5)9-7;10-7-4-6-5(9-7)2-1-3-8-6;10-5-3-1-2-7-4(3)8-6(11)9-5;10-6-8-2-1-5-7-3-4-9(5)6;10-6-3-1-2-5-7-4-8-9(5)6/h2*1-6H,(H,12,14);1-5H,(H,12,14);1-5,12H;1-6H,(H,10,11);1-4H,(H,9,10,12,14);1-2,4H,3H2,(H,9,10);1-3H,4H2,(H,9,10);2H,1H2,(H2,8,9,10,11);1-4H,(H,8,10);1-4H,(H,7,8). The lowest BCUT2D eigenvalue weighted by Gasteiger charge is -1.99. The number of benzene rings is 5. The Kier molecular flexibility index (Phi) is 24.3. The minimum atomic E-state index is -0.507. The van der Waals surface area contributed by atoms with E-state index in [1.807, 2.05) is 108 Å². The maximum Gasteiger partial charge on any atom is 0.331 e. The number of carbonyl (C=O) groups is 2. The lowest BCUT2D eigenvalue weighted by molar-refractivity contribution is -0.115. The summed E-state index contributed by atoms with van der Waals surface area (Å²) in [6, 6.07) is 59.4. The van der Waals surface area contributed by atoms with Gasteiger partial charge < -0.3 is 35.6 Å². The van der Waals surface area contributed by atoms with Gasteiger partial charge in [-0.05, 0) is 119 Å². The second-order valence-electron chi connectivity index (χ2n) is 28.1. The molecule has 0 bridgehead atoms. The van der Waals surface area contributed by atoms with Crippen LogP contribution < -0.4 is 66.5 Å². The molecular formula is C87H65N33O12. The van der Waals surface area contributed by atoms with E-state index < -0.39 is 5.69 Å². The molecule has 27 rings (SSSR count). The SMILES string of the molecule is O=C1Cc2cnccc2N1.O=C1Cc2ncccc2N1.O=c1[nH]c2c(c(=O)[nH]1)CC=N2.O=c1[nH]c2ccnn2c2ccccc12.O=c1[nH]c2ccnn2c2ncccc12.O=c1[nH]c2cncn2c2ccccc12.O=c1[nH]c2nnnn2c2ccccc12.O=c1[nH]ccc2nccn12.O=c1ccc2ccccc2[nH]1.O=c1cccc2nc[nH]n12.O=c1nc2cn[nH]n2c2ccccc12. The molecule has 24 aromatic rings. The number of nitrogens with zero attached hydrogens (tertiary/aromatic N) is 21. The highest BCUT2D eigenvalue weighted by atomic mass is 16.2. The Morgan fingerprint density at radius 3 is 1.86 bits per heavy atom. The number of aromatic amines is 10. The van der Waals surface area contributed by atoms with Crippen LogP contribution >= 0.6 is 0 Å². The molecule has 0 saturated heterocycles. The predicted octanol–water partition coefficient (Wildman–Crippen LogP) is 5.51. The van der Waals surface area contributed by atoms with Crippen molar-refractivity contribution in [3.05, 3.63) is 402 Å². The summed E-state index contributed by atoms with van der Waals surface area (Å²) in [5, 5.41) is 37.9. The molecule has 45 nitrogen and oxygen atoms in total. The summed E-state index contributed by atoms with van der Waals surface area (Å²) in [7, 11) is 0. The molecule has 0 fully saturated rings. The Balaban J connectivity index is 0.000000102. The summed E-state index contributed by atoms with van der Waals surface area (Å²) in [6.45, 7) is 0. The summed E-state index contributed by atoms with van der Waals surface area (Å²) in [5.41, 5.74) is 10.9. The maximum atomic E-state index is 11.6.